The minimum Gasteiger partial charge on any atom is -0.326 e. The third-order valence-electron chi connectivity index (χ3n) is 6.77. The first kappa shape index (κ1) is 23.7. The van der Waals surface area contributed by atoms with Gasteiger partial charge in [-0.15, -0.1) is 0 Å². The van der Waals surface area contributed by atoms with E-state index in [0.717, 1.165) is 36.9 Å². The van der Waals surface area contributed by atoms with Crippen LogP contribution in [-0.4, -0.2) is 41.6 Å². The molecule has 178 valence electrons. The van der Waals surface area contributed by atoms with Crippen LogP contribution < -0.4 is 10.2 Å². The van der Waals surface area contributed by atoms with Gasteiger partial charge in [0.25, 0.3) is 0 Å². The molecule has 0 aromatic heterocycles. The quantitative estimate of drug-likeness (QED) is 0.606. The highest BCUT2D eigenvalue weighted by atomic mass is 16.2. The van der Waals surface area contributed by atoms with Crippen LogP contribution in [0.25, 0.3) is 0 Å². The molecule has 7 heteroatoms. The van der Waals surface area contributed by atoms with E-state index < -0.39 is 0 Å². The summed E-state index contributed by atoms with van der Waals surface area (Å²) in [5.74, 6) is -0.858. The highest BCUT2D eigenvalue weighted by Crippen LogP contribution is 2.38. The number of amides is 4. The van der Waals surface area contributed by atoms with Gasteiger partial charge in [-0.1, -0.05) is 43.2 Å². The lowest BCUT2D eigenvalue weighted by molar-refractivity contribution is -0.140. The summed E-state index contributed by atoms with van der Waals surface area (Å²) in [5.41, 5.74) is 2.34. The van der Waals surface area contributed by atoms with Crippen LogP contribution in [0.1, 0.15) is 44.6 Å². The van der Waals surface area contributed by atoms with Crippen LogP contribution in [0.2, 0.25) is 0 Å². The first-order valence-corrected chi connectivity index (χ1v) is 12.1. The van der Waals surface area contributed by atoms with Gasteiger partial charge in [0.1, 0.15) is 0 Å². The largest absolute Gasteiger partial charge is 0.326 e. The summed E-state index contributed by atoms with van der Waals surface area (Å²) in [6.45, 7) is 2.65. The SMILES string of the molecule is CCN(C(=O)Cc1ccc(NC(=O)CCN2C(=O)C3CCCCC3C2=O)cc1)c1ccccc1. The number of anilines is 2. The van der Waals surface area contributed by atoms with Gasteiger partial charge >= 0.3 is 0 Å². The summed E-state index contributed by atoms with van der Waals surface area (Å²) in [6, 6.07) is 16.7. The van der Waals surface area contributed by atoms with Gasteiger partial charge < -0.3 is 10.2 Å². The molecule has 4 rings (SSSR count). The second-order valence-corrected chi connectivity index (χ2v) is 8.97. The molecule has 0 spiro atoms. The molecular weight excluding hydrogens is 430 g/mol. The molecule has 1 saturated carbocycles. The molecule has 0 radical (unpaired) electrons. The fourth-order valence-corrected chi connectivity index (χ4v) is 4.98. The normalized spacial score (nSPS) is 19.6. The van der Waals surface area contributed by atoms with Crippen LogP contribution >= 0.6 is 0 Å². The van der Waals surface area contributed by atoms with Crippen LogP contribution in [0.15, 0.2) is 54.6 Å². The molecule has 0 bridgehead atoms. The molecule has 34 heavy (non-hydrogen) atoms. The van der Waals surface area contributed by atoms with Crippen LogP contribution in [-0.2, 0) is 25.6 Å². The number of nitrogens with one attached hydrogen (secondary N) is 1. The van der Waals surface area contributed by atoms with E-state index in [1.54, 1.807) is 17.0 Å². The number of carbonyl (C=O) groups is 4. The van der Waals surface area contributed by atoms with Crippen molar-refractivity contribution in [3.8, 4) is 0 Å². The van der Waals surface area contributed by atoms with E-state index in [1.807, 2.05) is 49.4 Å². The molecular formula is C27H31N3O4. The van der Waals surface area contributed by atoms with E-state index in [4.69, 9.17) is 0 Å². The second-order valence-electron chi connectivity index (χ2n) is 8.97. The first-order valence-electron chi connectivity index (χ1n) is 12.1. The number of hydrogen-bond acceptors (Lipinski definition) is 4. The van der Waals surface area contributed by atoms with Gasteiger partial charge in [-0.3, -0.25) is 24.1 Å². The lowest BCUT2D eigenvalue weighted by Crippen LogP contribution is -2.34. The first-order chi connectivity index (χ1) is 16.5. The average molecular weight is 462 g/mol. The maximum Gasteiger partial charge on any atom is 0.233 e. The summed E-state index contributed by atoms with van der Waals surface area (Å²) in [7, 11) is 0. The van der Waals surface area contributed by atoms with Crippen molar-refractivity contribution in [1.82, 2.24) is 4.90 Å². The molecule has 2 aromatic carbocycles. The Kier molecular flexibility index (Phi) is 7.40. The smallest absolute Gasteiger partial charge is 0.233 e. The summed E-state index contributed by atoms with van der Waals surface area (Å²) in [4.78, 5) is 53.3. The van der Waals surface area contributed by atoms with Crippen molar-refractivity contribution in [3.05, 3.63) is 60.2 Å². The second kappa shape index (κ2) is 10.6. The van der Waals surface area contributed by atoms with Crippen LogP contribution in [0, 0.1) is 11.8 Å². The number of carbonyl (C=O) groups excluding carboxylic acids is 4. The standard InChI is InChI=1S/C27H31N3O4/c1-2-29(21-8-4-3-5-9-21)25(32)18-19-12-14-20(15-13-19)28-24(31)16-17-30-26(33)22-10-6-7-11-23(22)27(30)34/h3-5,8-9,12-15,22-23H,2,6-7,10-11,16-18H2,1H3,(H,28,31). The monoisotopic (exact) mass is 461 g/mol. The topological polar surface area (TPSA) is 86.8 Å². The predicted octanol–water partition coefficient (Wildman–Crippen LogP) is 3.79. The molecule has 1 heterocycles. The van der Waals surface area contributed by atoms with Crippen molar-refractivity contribution < 1.29 is 19.2 Å². The molecule has 1 aliphatic heterocycles. The van der Waals surface area contributed by atoms with E-state index >= 15 is 0 Å². The molecule has 1 saturated heterocycles. The third-order valence-corrected chi connectivity index (χ3v) is 6.77. The van der Waals surface area contributed by atoms with Crippen molar-refractivity contribution in [2.24, 2.45) is 11.8 Å². The van der Waals surface area contributed by atoms with Crippen LogP contribution in [0.5, 0.6) is 0 Å². The van der Waals surface area contributed by atoms with E-state index in [2.05, 4.69) is 5.32 Å². The number of benzene rings is 2. The molecule has 4 amide bonds. The lowest BCUT2D eigenvalue weighted by Gasteiger charge is -2.21. The van der Waals surface area contributed by atoms with E-state index in [0.29, 0.717) is 12.2 Å². The Morgan fingerprint density at radius 3 is 2.15 bits per heavy atom. The summed E-state index contributed by atoms with van der Waals surface area (Å²) in [5, 5.41) is 2.82. The molecule has 1 aliphatic carbocycles. The highest BCUT2D eigenvalue weighted by Gasteiger charge is 2.47. The van der Waals surface area contributed by atoms with E-state index in [-0.39, 0.29) is 54.9 Å². The molecule has 7 nitrogen and oxygen atoms in total. The number of likely N-dealkylation sites (N-methyl/N-ethyl adjacent to an activating group) is 1. The molecule has 2 fully saturated rings. The zero-order valence-corrected chi connectivity index (χ0v) is 19.5. The molecule has 2 aliphatic rings. The van der Waals surface area contributed by atoms with Gasteiger partial charge in [0.2, 0.25) is 23.6 Å². The maximum absolute atomic E-state index is 12.8. The number of likely N-dealkylation sites (tertiary alicyclic amines) is 1. The van der Waals surface area contributed by atoms with Crippen molar-refractivity contribution in [1.29, 1.82) is 0 Å². The van der Waals surface area contributed by atoms with Gasteiger partial charge in [-0.25, -0.2) is 0 Å². The summed E-state index contributed by atoms with van der Waals surface area (Å²) >= 11 is 0. The minimum absolute atomic E-state index is 0.00556. The van der Waals surface area contributed by atoms with E-state index in [9.17, 15) is 19.2 Å². The maximum atomic E-state index is 12.8. The van der Waals surface area contributed by atoms with Crippen molar-refractivity contribution in [3.63, 3.8) is 0 Å². The zero-order valence-electron chi connectivity index (χ0n) is 19.5. The molecule has 1 N–H and O–H groups in total. The Hall–Kier alpha value is -3.48. The van der Waals surface area contributed by atoms with Gasteiger partial charge in [-0.05, 0) is 49.6 Å². The van der Waals surface area contributed by atoms with Crippen molar-refractivity contribution in [2.45, 2.75) is 45.4 Å². The highest BCUT2D eigenvalue weighted by molar-refractivity contribution is 6.05. The van der Waals surface area contributed by atoms with Gasteiger partial charge in [0.15, 0.2) is 0 Å². The number of para-hydroxylation sites is 1. The Labute approximate surface area is 200 Å². The molecule has 2 atom stereocenters. The third kappa shape index (κ3) is 5.19. The van der Waals surface area contributed by atoms with E-state index in [1.165, 1.54) is 4.90 Å². The Bertz CT molecular complexity index is 1030. The minimum atomic E-state index is -0.250. The number of imide groups is 1. The van der Waals surface area contributed by atoms with Gasteiger partial charge in [0.05, 0.1) is 18.3 Å². The fourth-order valence-electron chi connectivity index (χ4n) is 4.98. The number of nitrogens with zero attached hydrogens (tertiary/aromatic N) is 2. The number of rotatable bonds is 8. The lowest BCUT2D eigenvalue weighted by atomic mass is 9.81. The summed E-state index contributed by atoms with van der Waals surface area (Å²) < 4.78 is 0. The Balaban J connectivity index is 1.28. The Morgan fingerprint density at radius 2 is 1.56 bits per heavy atom. The molecule has 2 aromatic rings. The summed E-state index contributed by atoms with van der Waals surface area (Å²) in [6.07, 6.45) is 3.85. The molecule has 2 unspecified atom stereocenters. The van der Waals surface area contributed by atoms with Crippen LogP contribution in [0.3, 0.4) is 0 Å². The number of hydrogen-bond donors (Lipinski definition) is 1. The average Bonchev–Trinajstić information content (AvgIpc) is 3.10. The van der Waals surface area contributed by atoms with Gasteiger partial charge in [0, 0.05) is 30.9 Å². The van der Waals surface area contributed by atoms with Crippen molar-refractivity contribution >= 4 is 35.0 Å². The Morgan fingerprint density at radius 1 is 0.941 bits per heavy atom. The van der Waals surface area contributed by atoms with Crippen molar-refractivity contribution in [2.75, 3.05) is 23.3 Å². The zero-order chi connectivity index (χ0) is 24.1. The predicted molar refractivity (Wildman–Crippen MR) is 130 cm³/mol. The van der Waals surface area contributed by atoms with Crippen LogP contribution in [0.4, 0.5) is 11.4 Å². The van der Waals surface area contributed by atoms with Gasteiger partial charge in [-0.2, -0.15) is 0 Å². The number of fused-ring (bicyclic) bond motifs is 1. The fraction of sp³-hybridized carbons (Fsp3) is 0.407.